The van der Waals surface area contributed by atoms with Gasteiger partial charge in [0.25, 0.3) is 0 Å². The van der Waals surface area contributed by atoms with Gasteiger partial charge in [-0.3, -0.25) is 14.8 Å². The van der Waals surface area contributed by atoms with Gasteiger partial charge < -0.3 is 26.2 Å². The quantitative estimate of drug-likeness (QED) is 0.321. The van der Waals surface area contributed by atoms with Gasteiger partial charge in [-0.1, -0.05) is 56.5 Å². The summed E-state index contributed by atoms with van der Waals surface area (Å²) in [4.78, 5) is 28.9. The Labute approximate surface area is 272 Å². The number of nitrogens with one attached hydrogen (secondary N) is 2. The molecule has 9 heteroatoms. The second kappa shape index (κ2) is 13.0. The third kappa shape index (κ3) is 5.86. The van der Waals surface area contributed by atoms with Crippen molar-refractivity contribution >= 4 is 23.5 Å². The molecule has 3 aliphatic carbocycles. The van der Waals surface area contributed by atoms with Crippen LogP contribution in [-0.2, 0) is 4.79 Å². The maximum atomic E-state index is 14.0. The number of unbranched alkanes of at least 4 members (excludes halogenated alkanes) is 1. The highest BCUT2D eigenvalue weighted by molar-refractivity contribution is 8.02. The molecule has 6 atom stereocenters. The number of nitrogens with two attached hydrogens (primary N) is 1. The molecule has 0 bridgehead atoms. The van der Waals surface area contributed by atoms with Gasteiger partial charge in [0.15, 0.2) is 0 Å². The van der Waals surface area contributed by atoms with Crippen molar-refractivity contribution in [2.45, 2.75) is 107 Å². The van der Waals surface area contributed by atoms with Crippen molar-refractivity contribution in [2.24, 2.45) is 22.6 Å². The third-order valence-corrected chi connectivity index (χ3v) is 11.9. The van der Waals surface area contributed by atoms with Crippen LogP contribution in [0.4, 0.5) is 0 Å². The number of allylic oxidation sites excluding steroid dienone is 2. The van der Waals surface area contributed by atoms with E-state index in [1.807, 2.05) is 12.3 Å². The number of amides is 1. The third-order valence-electron chi connectivity index (χ3n) is 11.1. The molecule has 1 aromatic rings. The maximum absolute atomic E-state index is 14.0. The molecule has 0 aromatic carbocycles. The normalized spacial score (nSPS) is 30.4. The Morgan fingerprint density at radius 1 is 1.16 bits per heavy atom. The van der Waals surface area contributed by atoms with E-state index < -0.39 is 0 Å². The molecule has 1 fully saturated rings. The van der Waals surface area contributed by atoms with E-state index in [-0.39, 0.29) is 29.5 Å². The number of carbonyl (C=O) groups is 1. The number of aromatic nitrogens is 1. The SMILES string of the molecule is CCCCC(NC(=O)C1=CC2=C(CC1)C(C1CCCC1)C(c1ccccn1)N2C)C1=NC2C=C(C3=CSC(N)N3)CCC2N1C. The summed E-state index contributed by atoms with van der Waals surface area (Å²) in [6.45, 7) is 2.21. The van der Waals surface area contributed by atoms with Crippen molar-refractivity contribution in [3.05, 3.63) is 75.8 Å². The Morgan fingerprint density at radius 3 is 2.73 bits per heavy atom. The summed E-state index contributed by atoms with van der Waals surface area (Å²) in [6, 6.07) is 6.87. The van der Waals surface area contributed by atoms with E-state index in [1.165, 1.54) is 42.5 Å². The second-order valence-corrected chi connectivity index (χ2v) is 14.8. The molecular weight excluding hydrogens is 579 g/mol. The lowest BCUT2D eigenvalue weighted by Crippen LogP contribution is -2.49. The van der Waals surface area contributed by atoms with Crippen molar-refractivity contribution < 1.29 is 4.79 Å². The summed E-state index contributed by atoms with van der Waals surface area (Å²) in [5.74, 6) is 2.25. The van der Waals surface area contributed by atoms with Crippen LogP contribution in [-0.4, -0.2) is 64.2 Å². The molecule has 1 amide bonds. The number of hydrogen-bond donors (Lipinski definition) is 3. The topological polar surface area (TPSA) is 98.9 Å². The van der Waals surface area contributed by atoms with Crippen LogP contribution in [0.25, 0.3) is 0 Å². The van der Waals surface area contributed by atoms with E-state index >= 15 is 0 Å². The molecule has 1 saturated carbocycles. The Kier molecular flexibility index (Phi) is 8.83. The van der Waals surface area contributed by atoms with Crippen LogP contribution < -0.4 is 16.4 Å². The molecular formula is C36H49N7OS. The molecule has 0 saturated heterocycles. The molecule has 4 heterocycles. The molecule has 240 valence electrons. The van der Waals surface area contributed by atoms with E-state index in [9.17, 15) is 4.79 Å². The first kappa shape index (κ1) is 30.6. The lowest BCUT2D eigenvalue weighted by atomic mass is 9.77. The molecule has 8 nitrogen and oxygen atoms in total. The van der Waals surface area contributed by atoms with Crippen LogP contribution in [0.5, 0.6) is 0 Å². The molecule has 3 aliphatic heterocycles. The van der Waals surface area contributed by atoms with Gasteiger partial charge in [-0.15, -0.1) is 0 Å². The first-order chi connectivity index (χ1) is 21.9. The minimum Gasteiger partial charge on any atom is -0.365 e. The fourth-order valence-corrected chi connectivity index (χ4v) is 9.49. The van der Waals surface area contributed by atoms with Crippen LogP contribution >= 0.6 is 11.8 Å². The number of fused-ring (bicyclic) bond motifs is 1. The van der Waals surface area contributed by atoms with Crippen molar-refractivity contribution in [3.63, 3.8) is 0 Å². The zero-order valence-electron chi connectivity index (χ0n) is 27.0. The summed E-state index contributed by atoms with van der Waals surface area (Å²) in [5.41, 5.74) is 13.3. The Hall–Kier alpha value is -3.04. The molecule has 0 radical (unpaired) electrons. The standard InChI is InChI=1S/C36H49N7OS/c1-4-5-12-27(34-39-28-19-23(15-17-30(28)43(34)3)29-21-45-36(37)41-29)40-35(44)24-14-16-25-31(20-24)42(2)33(26-13-8-9-18-38-26)32(25)22-10-6-7-11-22/h8-9,13,18-22,27-28,30,32-33,36,41H,4-7,10-12,14-17,37H2,1-3H3,(H,40,44). The van der Waals surface area contributed by atoms with E-state index in [4.69, 9.17) is 15.7 Å². The minimum absolute atomic E-state index is 0.0586. The summed E-state index contributed by atoms with van der Waals surface area (Å²) in [7, 11) is 4.37. The van der Waals surface area contributed by atoms with E-state index in [0.717, 1.165) is 67.7 Å². The molecule has 1 aromatic heterocycles. The Bertz CT molecular complexity index is 1440. The number of rotatable bonds is 9. The number of thioether (sulfide) groups is 1. The Morgan fingerprint density at radius 2 is 2.00 bits per heavy atom. The molecule has 4 N–H and O–H groups in total. The summed E-state index contributed by atoms with van der Waals surface area (Å²) in [5, 5.41) is 9.01. The minimum atomic E-state index is -0.0946. The van der Waals surface area contributed by atoms with E-state index in [1.54, 1.807) is 11.8 Å². The first-order valence-electron chi connectivity index (χ1n) is 17.2. The van der Waals surface area contributed by atoms with Crippen molar-refractivity contribution in [3.8, 4) is 0 Å². The molecule has 6 aliphatic rings. The average Bonchev–Trinajstić information content (AvgIpc) is 3.86. The predicted molar refractivity (Wildman–Crippen MR) is 183 cm³/mol. The van der Waals surface area contributed by atoms with Gasteiger partial charge in [0.05, 0.1) is 29.9 Å². The smallest absolute Gasteiger partial charge is 0.247 e. The number of hydrogen-bond acceptors (Lipinski definition) is 8. The van der Waals surface area contributed by atoms with Gasteiger partial charge in [0.1, 0.15) is 11.3 Å². The van der Waals surface area contributed by atoms with Crippen LogP contribution in [0.1, 0.15) is 89.3 Å². The van der Waals surface area contributed by atoms with Crippen molar-refractivity contribution in [1.29, 1.82) is 0 Å². The lowest BCUT2D eigenvalue weighted by Gasteiger charge is -2.32. The number of amidine groups is 1. The van der Waals surface area contributed by atoms with Gasteiger partial charge >= 0.3 is 0 Å². The zero-order chi connectivity index (χ0) is 31.1. The Balaban J connectivity index is 1.12. The average molecular weight is 628 g/mol. The van der Waals surface area contributed by atoms with Crippen molar-refractivity contribution in [2.75, 3.05) is 14.1 Å². The lowest BCUT2D eigenvalue weighted by molar-refractivity contribution is -0.118. The zero-order valence-corrected chi connectivity index (χ0v) is 27.9. The highest BCUT2D eigenvalue weighted by Gasteiger charge is 2.46. The van der Waals surface area contributed by atoms with E-state index in [2.05, 4.69) is 71.1 Å². The summed E-state index contributed by atoms with van der Waals surface area (Å²) >= 11 is 1.63. The number of pyridine rings is 1. The molecule has 0 spiro atoms. The molecule has 45 heavy (non-hydrogen) atoms. The van der Waals surface area contributed by atoms with Gasteiger partial charge in [0.2, 0.25) is 5.91 Å². The number of aliphatic imine (C=N–C) groups is 1. The fourth-order valence-electron chi connectivity index (χ4n) is 8.80. The largest absolute Gasteiger partial charge is 0.365 e. The van der Waals surface area contributed by atoms with Crippen LogP contribution in [0.3, 0.4) is 0 Å². The number of likely N-dealkylation sites (N-methyl/N-ethyl adjacent to an activating group) is 2. The number of carbonyl (C=O) groups excluding carboxylic acids is 1. The van der Waals surface area contributed by atoms with Gasteiger partial charge in [-0.2, -0.15) is 0 Å². The summed E-state index contributed by atoms with van der Waals surface area (Å²) in [6.07, 6.45) is 18.5. The van der Waals surface area contributed by atoms with Crippen LogP contribution in [0, 0.1) is 11.8 Å². The fraction of sp³-hybridized carbons (Fsp3) is 0.583. The van der Waals surface area contributed by atoms with Gasteiger partial charge in [-0.05, 0) is 85.6 Å². The molecule has 7 rings (SSSR count). The highest BCUT2D eigenvalue weighted by atomic mass is 32.2. The van der Waals surface area contributed by atoms with Gasteiger partial charge in [-0.25, -0.2) is 0 Å². The molecule has 6 unspecified atom stereocenters. The highest BCUT2D eigenvalue weighted by Crippen LogP contribution is 2.53. The second-order valence-electron chi connectivity index (χ2n) is 13.7. The van der Waals surface area contributed by atoms with Crippen molar-refractivity contribution in [1.82, 2.24) is 25.4 Å². The number of nitrogens with zero attached hydrogens (tertiary/aromatic N) is 4. The van der Waals surface area contributed by atoms with Crippen LogP contribution in [0.15, 0.2) is 75.1 Å². The predicted octanol–water partition coefficient (Wildman–Crippen LogP) is 5.75. The monoisotopic (exact) mass is 627 g/mol. The van der Waals surface area contributed by atoms with Gasteiger partial charge in [0, 0.05) is 43.2 Å². The van der Waals surface area contributed by atoms with Crippen LogP contribution in [0.2, 0.25) is 0 Å². The summed E-state index contributed by atoms with van der Waals surface area (Å²) < 4.78 is 0. The van der Waals surface area contributed by atoms with E-state index in [0.29, 0.717) is 17.9 Å². The maximum Gasteiger partial charge on any atom is 0.247 e. The first-order valence-corrected chi connectivity index (χ1v) is 18.1.